The van der Waals surface area contributed by atoms with Gasteiger partial charge in [0.1, 0.15) is 17.5 Å². The summed E-state index contributed by atoms with van der Waals surface area (Å²) in [6, 6.07) is 12.4. The summed E-state index contributed by atoms with van der Waals surface area (Å²) in [5.74, 6) is 1.20. The fourth-order valence-corrected chi connectivity index (χ4v) is 2.37. The summed E-state index contributed by atoms with van der Waals surface area (Å²) in [6.07, 6.45) is 0. The van der Waals surface area contributed by atoms with Gasteiger partial charge in [0.15, 0.2) is 0 Å². The normalized spacial score (nSPS) is 16.9. The molecule has 3 N–H and O–H groups in total. The quantitative estimate of drug-likeness (QED) is 0.893. The summed E-state index contributed by atoms with van der Waals surface area (Å²) in [6.45, 7) is 0. The molecule has 2 aromatic carbocycles. The molecule has 1 heterocycles. The molecule has 4 nitrogen and oxygen atoms in total. The van der Waals surface area contributed by atoms with Gasteiger partial charge in [0, 0.05) is 21.8 Å². The third-order valence-corrected chi connectivity index (χ3v) is 3.43. The number of carbonyl (C=O) groups is 1. The van der Waals surface area contributed by atoms with Gasteiger partial charge in [-0.25, -0.2) is 0 Å². The van der Waals surface area contributed by atoms with Gasteiger partial charge in [-0.2, -0.15) is 0 Å². The van der Waals surface area contributed by atoms with Crippen molar-refractivity contribution in [2.75, 3.05) is 5.32 Å². The number of hydrogen-bond donors (Lipinski definition) is 2. The van der Waals surface area contributed by atoms with Crippen LogP contribution in [0.1, 0.15) is 11.6 Å². The van der Waals surface area contributed by atoms with Crippen LogP contribution in [-0.2, 0) is 4.79 Å². The van der Waals surface area contributed by atoms with Gasteiger partial charge in [-0.3, -0.25) is 4.79 Å². The van der Waals surface area contributed by atoms with E-state index in [9.17, 15) is 4.79 Å². The predicted molar refractivity (Wildman–Crippen MR) is 76.2 cm³/mol. The summed E-state index contributed by atoms with van der Waals surface area (Å²) in [7, 11) is 0. The highest BCUT2D eigenvalue weighted by atomic mass is 79.9. The molecule has 2 aromatic rings. The molecular weight excluding hydrogens is 308 g/mol. The average Bonchev–Trinajstić information content (AvgIpc) is 2.65. The summed E-state index contributed by atoms with van der Waals surface area (Å²) in [5.41, 5.74) is 7.26. The maximum absolute atomic E-state index is 11.5. The number of fused-ring (bicyclic) bond motifs is 1. The van der Waals surface area contributed by atoms with Crippen molar-refractivity contribution in [1.29, 1.82) is 0 Å². The number of anilines is 1. The van der Waals surface area contributed by atoms with Crippen LogP contribution in [0.2, 0.25) is 0 Å². The molecule has 1 amide bonds. The molecule has 1 atom stereocenters. The van der Waals surface area contributed by atoms with E-state index in [1.54, 1.807) is 12.1 Å². The third-order valence-electron chi connectivity index (χ3n) is 2.93. The van der Waals surface area contributed by atoms with Crippen molar-refractivity contribution in [3.8, 4) is 11.5 Å². The Hall–Kier alpha value is -1.85. The lowest BCUT2D eigenvalue weighted by molar-refractivity contribution is -0.116. The molecule has 1 aliphatic heterocycles. The minimum atomic E-state index is -0.588. The molecule has 1 unspecified atom stereocenters. The maximum atomic E-state index is 11.5. The van der Waals surface area contributed by atoms with E-state index in [0.29, 0.717) is 11.4 Å². The molecule has 0 radical (unpaired) electrons. The monoisotopic (exact) mass is 318 g/mol. The van der Waals surface area contributed by atoms with E-state index in [1.165, 1.54) is 0 Å². The molecule has 19 heavy (non-hydrogen) atoms. The molecule has 0 saturated heterocycles. The lowest BCUT2D eigenvalue weighted by atomic mass is 10.1. The van der Waals surface area contributed by atoms with Gasteiger partial charge in [0.2, 0.25) is 5.91 Å². The SMILES string of the molecule is NC1C(=O)Nc2cc(Oc3cccc(Br)c3)ccc21. The molecule has 0 saturated carbocycles. The molecule has 1 aliphatic rings. The first-order valence-electron chi connectivity index (χ1n) is 5.77. The first-order chi connectivity index (χ1) is 9.13. The van der Waals surface area contributed by atoms with E-state index in [2.05, 4.69) is 21.2 Å². The Morgan fingerprint density at radius 3 is 2.74 bits per heavy atom. The second-order valence-electron chi connectivity index (χ2n) is 4.28. The number of nitrogens with two attached hydrogens (primary N) is 1. The predicted octanol–water partition coefficient (Wildman–Crippen LogP) is 3.19. The lowest BCUT2D eigenvalue weighted by Crippen LogP contribution is -2.19. The zero-order valence-electron chi connectivity index (χ0n) is 9.89. The van der Waals surface area contributed by atoms with E-state index in [4.69, 9.17) is 10.5 Å². The highest BCUT2D eigenvalue weighted by molar-refractivity contribution is 9.10. The largest absolute Gasteiger partial charge is 0.457 e. The summed E-state index contributed by atoms with van der Waals surface area (Å²) in [4.78, 5) is 11.5. The Kier molecular flexibility index (Phi) is 3.00. The van der Waals surface area contributed by atoms with Crippen LogP contribution in [0.3, 0.4) is 0 Å². The number of ether oxygens (including phenoxy) is 1. The second-order valence-corrected chi connectivity index (χ2v) is 5.19. The number of halogens is 1. The number of benzene rings is 2. The van der Waals surface area contributed by atoms with Crippen molar-refractivity contribution in [2.24, 2.45) is 5.73 Å². The maximum Gasteiger partial charge on any atom is 0.245 e. The van der Waals surface area contributed by atoms with Crippen LogP contribution < -0.4 is 15.8 Å². The topological polar surface area (TPSA) is 64.4 Å². The highest BCUT2D eigenvalue weighted by Crippen LogP contribution is 2.34. The van der Waals surface area contributed by atoms with Gasteiger partial charge in [0.05, 0.1) is 0 Å². The van der Waals surface area contributed by atoms with Crippen LogP contribution in [-0.4, -0.2) is 5.91 Å². The number of carbonyl (C=O) groups excluding carboxylic acids is 1. The van der Waals surface area contributed by atoms with Crippen LogP contribution in [0.4, 0.5) is 5.69 Å². The molecule has 0 bridgehead atoms. The Labute approximate surface area is 118 Å². The molecule has 96 valence electrons. The van der Waals surface area contributed by atoms with Crippen LogP contribution >= 0.6 is 15.9 Å². The fraction of sp³-hybridized carbons (Fsp3) is 0.0714. The number of nitrogens with one attached hydrogen (secondary N) is 1. The van der Waals surface area contributed by atoms with Crippen molar-refractivity contribution >= 4 is 27.5 Å². The van der Waals surface area contributed by atoms with Crippen LogP contribution in [0.5, 0.6) is 11.5 Å². The van der Waals surface area contributed by atoms with Crippen molar-refractivity contribution in [1.82, 2.24) is 0 Å². The zero-order chi connectivity index (χ0) is 13.4. The molecule has 3 rings (SSSR count). The van der Waals surface area contributed by atoms with E-state index in [1.807, 2.05) is 30.3 Å². The highest BCUT2D eigenvalue weighted by Gasteiger charge is 2.27. The van der Waals surface area contributed by atoms with Crippen LogP contribution in [0.25, 0.3) is 0 Å². The summed E-state index contributed by atoms with van der Waals surface area (Å²) in [5, 5.41) is 2.73. The number of rotatable bonds is 2. The van der Waals surface area contributed by atoms with Gasteiger partial charge in [-0.05, 0) is 24.3 Å². The minimum absolute atomic E-state index is 0.186. The molecule has 0 fully saturated rings. The van der Waals surface area contributed by atoms with Gasteiger partial charge in [-0.1, -0.05) is 28.1 Å². The lowest BCUT2D eigenvalue weighted by Gasteiger charge is -2.08. The van der Waals surface area contributed by atoms with E-state index >= 15 is 0 Å². The van der Waals surface area contributed by atoms with E-state index in [0.717, 1.165) is 15.8 Å². The van der Waals surface area contributed by atoms with Crippen LogP contribution in [0.15, 0.2) is 46.9 Å². The number of hydrogen-bond acceptors (Lipinski definition) is 3. The van der Waals surface area contributed by atoms with E-state index in [-0.39, 0.29) is 5.91 Å². The van der Waals surface area contributed by atoms with Crippen molar-refractivity contribution in [3.05, 3.63) is 52.5 Å². The Morgan fingerprint density at radius 1 is 1.16 bits per heavy atom. The molecule has 0 aliphatic carbocycles. The second kappa shape index (κ2) is 4.68. The fourth-order valence-electron chi connectivity index (χ4n) is 2.00. The van der Waals surface area contributed by atoms with Gasteiger partial charge < -0.3 is 15.8 Å². The molecular formula is C14H11BrN2O2. The molecule has 5 heteroatoms. The Morgan fingerprint density at radius 2 is 1.95 bits per heavy atom. The molecule has 0 aromatic heterocycles. The van der Waals surface area contributed by atoms with Gasteiger partial charge in [0.25, 0.3) is 0 Å². The first-order valence-corrected chi connectivity index (χ1v) is 6.56. The zero-order valence-corrected chi connectivity index (χ0v) is 11.5. The first kappa shape index (κ1) is 12.2. The summed E-state index contributed by atoms with van der Waals surface area (Å²) < 4.78 is 6.68. The van der Waals surface area contributed by atoms with Crippen molar-refractivity contribution in [2.45, 2.75) is 6.04 Å². The van der Waals surface area contributed by atoms with Gasteiger partial charge in [-0.15, -0.1) is 0 Å². The standard InChI is InChI=1S/C14H11BrN2O2/c15-8-2-1-3-9(6-8)19-10-4-5-11-12(7-10)17-14(18)13(11)16/h1-7,13H,16H2,(H,17,18). The average molecular weight is 319 g/mol. The smallest absolute Gasteiger partial charge is 0.245 e. The van der Waals surface area contributed by atoms with Crippen LogP contribution in [0, 0.1) is 0 Å². The van der Waals surface area contributed by atoms with Crippen molar-refractivity contribution < 1.29 is 9.53 Å². The van der Waals surface area contributed by atoms with E-state index < -0.39 is 6.04 Å². The van der Waals surface area contributed by atoms with Gasteiger partial charge >= 0.3 is 0 Å². The van der Waals surface area contributed by atoms with Crippen molar-refractivity contribution in [3.63, 3.8) is 0 Å². The summed E-state index contributed by atoms with van der Waals surface area (Å²) >= 11 is 3.39. The Bertz CT molecular complexity index is 658. The Balaban J connectivity index is 1.88. The number of amides is 1. The third kappa shape index (κ3) is 2.34. The molecule has 0 spiro atoms. The minimum Gasteiger partial charge on any atom is -0.457 e.